The molecule has 2 rings (SSSR count). The van der Waals surface area contributed by atoms with Crippen LogP contribution in [0.1, 0.15) is 18.2 Å². The Balaban J connectivity index is 2.16. The van der Waals surface area contributed by atoms with E-state index in [1.165, 1.54) is 10.9 Å². The van der Waals surface area contributed by atoms with Crippen LogP contribution in [0.5, 0.6) is 0 Å². The highest BCUT2D eigenvalue weighted by Gasteiger charge is 2.04. The van der Waals surface area contributed by atoms with Crippen molar-refractivity contribution >= 4 is 11.0 Å². The minimum atomic E-state index is 0.301. The average Bonchev–Trinajstić information content (AvgIpc) is 2.67. The molecule has 0 spiro atoms. The first-order valence-corrected chi connectivity index (χ1v) is 5.54. The summed E-state index contributed by atoms with van der Waals surface area (Å²) in [6, 6.07) is 8.61. The average molecular weight is 215 g/mol. The Morgan fingerprint density at radius 3 is 3.00 bits per heavy atom. The van der Waals surface area contributed by atoms with Gasteiger partial charge in [-0.3, -0.25) is 0 Å². The second-order valence-electron chi connectivity index (χ2n) is 4.16. The van der Waals surface area contributed by atoms with E-state index in [4.69, 9.17) is 4.42 Å². The highest BCUT2D eigenvalue weighted by molar-refractivity contribution is 5.78. The van der Waals surface area contributed by atoms with E-state index in [0.29, 0.717) is 6.04 Å². The number of rotatable bonds is 4. The van der Waals surface area contributed by atoms with E-state index in [2.05, 4.69) is 43.9 Å². The van der Waals surface area contributed by atoms with Crippen molar-refractivity contribution in [1.82, 2.24) is 5.32 Å². The fourth-order valence-electron chi connectivity index (χ4n) is 1.65. The topological polar surface area (TPSA) is 25.2 Å². The van der Waals surface area contributed by atoms with Gasteiger partial charge in [0.2, 0.25) is 0 Å². The quantitative estimate of drug-likeness (QED) is 0.791. The molecule has 1 N–H and O–H groups in total. The van der Waals surface area contributed by atoms with Crippen molar-refractivity contribution in [1.29, 1.82) is 0 Å². The molecule has 0 aliphatic carbocycles. The van der Waals surface area contributed by atoms with Crippen molar-refractivity contribution in [3.8, 4) is 0 Å². The van der Waals surface area contributed by atoms with Crippen LogP contribution >= 0.6 is 0 Å². The highest BCUT2D eigenvalue weighted by Crippen LogP contribution is 2.20. The molecule has 2 heteroatoms. The molecule has 0 bridgehead atoms. The molecule has 1 heterocycles. The third kappa shape index (κ3) is 2.34. The van der Waals surface area contributed by atoms with Crippen LogP contribution in [0.2, 0.25) is 0 Å². The maximum absolute atomic E-state index is 5.72. The molecule has 0 aliphatic heterocycles. The summed E-state index contributed by atoms with van der Waals surface area (Å²) in [4.78, 5) is 0. The molecular formula is C14H17NO. The second kappa shape index (κ2) is 4.54. The standard InChI is InChI=1S/C14H17NO/c1-4-11(3)15-9-13-8-12-7-10(2)5-6-14(12)16-13/h4-8,11,15H,1,9H2,2-3H3. The lowest BCUT2D eigenvalue weighted by molar-refractivity contribution is 0.501. The number of hydrogen-bond acceptors (Lipinski definition) is 2. The SMILES string of the molecule is C=CC(C)NCc1cc2cc(C)ccc2o1. The molecule has 0 radical (unpaired) electrons. The summed E-state index contributed by atoms with van der Waals surface area (Å²) < 4.78 is 5.72. The predicted molar refractivity (Wildman–Crippen MR) is 67.4 cm³/mol. The van der Waals surface area contributed by atoms with Gasteiger partial charge in [-0.15, -0.1) is 6.58 Å². The van der Waals surface area contributed by atoms with Crippen molar-refractivity contribution in [2.24, 2.45) is 0 Å². The normalized spacial score (nSPS) is 12.9. The van der Waals surface area contributed by atoms with Gasteiger partial charge in [0.15, 0.2) is 0 Å². The van der Waals surface area contributed by atoms with Gasteiger partial charge >= 0.3 is 0 Å². The third-order valence-electron chi connectivity index (χ3n) is 2.67. The number of furan rings is 1. The Kier molecular flexibility index (Phi) is 3.11. The Hall–Kier alpha value is -1.54. The molecule has 2 nitrogen and oxygen atoms in total. The van der Waals surface area contributed by atoms with Gasteiger partial charge in [0, 0.05) is 11.4 Å². The van der Waals surface area contributed by atoms with Crippen molar-refractivity contribution in [3.63, 3.8) is 0 Å². The maximum Gasteiger partial charge on any atom is 0.134 e. The summed E-state index contributed by atoms with van der Waals surface area (Å²) in [5, 5.41) is 4.48. The fraction of sp³-hybridized carbons (Fsp3) is 0.286. The van der Waals surface area contributed by atoms with Crippen molar-refractivity contribution < 1.29 is 4.42 Å². The molecule has 0 amide bonds. The van der Waals surface area contributed by atoms with Crippen molar-refractivity contribution in [2.75, 3.05) is 0 Å². The van der Waals surface area contributed by atoms with E-state index in [0.717, 1.165) is 17.9 Å². The number of fused-ring (bicyclic) bond motifs is 1. The first-order chi connectivity index (χ1) is 7.69. The van der Waals surface area contributed by atoms with Crippen LogP contribution in [0.4, 0.5) is 0 Å². The van der Waals surface area contributed by atoms with Gasteiger partial charge in [0.25, 0.3) is 0 Å². The lowest BCUT2D eigenvalue weighted by atomic mass is 10.2. The van der Waals surface area contributed by atoms with E-state index in [9.17, 15) is 0 Å². The molecule has 1 aromatic carbocycles. The summed E-state index contributed by atoms with van der Waals surface area (Å²) in [7, 11) is 0. The minimum absolute atomic E-state index is 0.301. The molecule has 16 heavy (non-hydrogen) atoms. The number of aryl methyl sites for hydroxylation is 1. The first kappa shape index (κ1) is 11.0. The molecule has 0 saturated heterocycles. The summed E-state index contributed by atoms with van der Waals surface area (Å²) in [5.41, 5.74) is 2.21. The van der Waals surface area contributed by atoms with Crippen LogP contribution in [0.15, 0.2) is 41.3 Å². The van der Waals surface area contributed by atoms with Gasteiger partial charge < -0.3 is 9.73 Å². The Bertz CT molecular complexity index is 498. The number of benzene rings is 1. The molecule has 1 atom stereocenters. The van der Waals surface area contributed by atoms with Crippen LogP contribution in [-0.2, 0) is 6.54 Å². The summed E-state index contributed by atoms with van der Waals surface area (Å²) >= 11 is 0. The summed E-state index contributed by atoms with van der Waals surface area (Å²) in [6.45, 7) is 8.63. The van der Waals surface area contributed by atoms with Gasteiger partial charge in [-0.1, -0.05) is 17.7 Å². The molecule has 2 aromatic rings. The Labute approximate surface area is 96.0 Å². The number of nitrogens with one attached hydrogen (secondary N) is 1. The monoisotopic (exact) mass is 215 g/mol. The van der Waals surface area contributed by atoms with Crippen LogP contribution in [0, 0.1) is 6.92 Å². The van der Waals surface area contributed by atoms with E-state index >= 15 is 0 Å². The molecule has 0 saturated carbocycles. The zero-order chi connectivity index (χ0) is 11.5. The van der Waals surface area contributed by atoms with Crippen LogP contribution < -0.4 is 5.32 Å². The van der Waals surface area contributed by atoms with Crippen molar-refractivity contribution in [2.45, 2.75) is 26.4 Å². The van der Waals surface area contributed by atoms with E-state index in [1.54, 1.807) is 0 Å². The van der Waals surface area contributed by atoms with Gasteiger partial charge in [-0.05, 0) is 32.0 Å². The molecule has 0 fully saturated rings. The van der Waals surface area contributed by atoms with Crippen LogP contribution in [0.25, 0.3) is 11.0 Å². The second-order valence-corrected chi connectivity index (χ2v) is 4.16. The van der Waals surface area contributed by atoms with Gasteiger partial charge in [0.1, 0.15) is 11.3 Å². The summed E-state index contributed by atoms with van der Waals surface area (Å²) in [5.74, 6) is 0.967. The lowest BCUT2D eigenvalue weighted by Crippen LogP contribution is -2.22. The zero-order valence-corrected chi connectivity index (χ0v) is 9.79. The summed E-state index contributed by atoms with van der Waals surface area (Å²) in [6.07, 6.45) is 1.88. The van der Waals surface area contributed by atoms with E-state index in [1.807, 2.05) is 12.1 Å². The van der Waals surface area contributed by atoms with Gasteiger partial charge in [0.05, 0.1) is 6.54 Å². The first-order valence-electron chi connectivity index (χ1n) is 5.54. The van der Waals surface area contributed by atoms with Crippen LogP contribution in [0.3, 0.4) is 0 Å². The third-order valence-corrected chi connectivity index (χ3v) is 2.67. The largest absolute Gasteiger partial charge is 0.460 e. The van der Waals surface area contributed by atoms with Gasteiger partial charge in [-0.25, -0.2) is 0 Å². The van der Waals surface area contributed by atoms with Crippen molar-refractivity contribution in [3.05, 3.63) is 48.2 Å². The molecule has 1 unspecified atom stereocenters. The smallest absolute Gasteiger partial charge is 0.134 e. The lowest BCUT2D eigenvalue weighted by Gasteiger charge is -2.05. The van der Waals surface area contributed by atoms with E-state index < -0.39 is 0 Å². The molecule has 0 aliphatic rings. The predicted octanol–water partition coefficient (Wildman–Crippen LogP) is 3.41. The Morgan fingerprint density at radius 1 is 1.44 bits per heavy atom. The highest BCUT2D eigenvalue weighted by atomic mass is 16.3. The fourth-order valence-corrected chi connectivity index (χ4v) is 1.65. The zero-order valence-electron chi connectivity index (χ0n) is 9.79. The van der Waals surface area contributed by atoms with Crippen LogP contribution in [-0.4, -0.2) is 6.04 Å². The minimum Gasteiger partial charge on any atom is -0.460 e. The molecular weight excluding hydrogens is 198 g/mol. The van der Waals surface area contributed by atoms with E-state index in [-0.39, 0.29) is 0 Å². The molecule has 84 valence electrons. The number of hydrogen-bond donors (Lipinski definition) is 1. The van der Waals surface area contributed by atoms with Gasteiger partial charge in [-0.2, -0.15) is 0 Å². The maximum atomic E-state index is 5.72. The molecule has 1 aromatic heterocycles. The Morgan fingerprint density at radius 2 is 2.25 bits per heavy atom.